The SMILES string of the molecule is N=C(N)c1ccc(-c2cccc3c2[nH]c2ccccc23)cc1. The minimum absolute atomic E-state index is 0.0929. The Bertz CT molecular complexity index is 994. The second-order valence-corrected chi connectivity index (χ2v) is 5.39. The fourth-order valence-electron chi connectivity index (χ4n) is 2.94. The van der Waals surface area contributed by atoms with Gasteiger partial charge in [0.2, 0.25) is 0 Å². The summed E-state index contributed by atoms with van der Waals surface area (Å²) in [6, 6.07) is 22.5. The molecule has 0 spiro atoms. The van der Waals surface area contributed by atoms with Crippen LogP contribution >= 0.6 is 0 Å². The Morgan fingerprint density at radius 1 is 0.818 bits per heavy atom. The van der Waals surface area contributed by atoms with Gasteiger partial charge in [-0.05, 0) is 11.6 Å². The number of nitrogen functional groups attached to an aromatic ring is 1. The zero-order valence-corrected chi connectivity index (χ0v) is 11.9. The predicted molar refractivity (Wildman–Crippen MR) is 92.3 cm³/mol. The summed E-state index contributed by atoms with van der Waals surface area (Å²) in [5.41, 5.74) is 10.8. The quantitative estimate of drug-likeness (QED) is 0.373. The van der Waals surface area contributed by atoms with Gasteiger partial charge in [-0.3, -0.25) is 5.41 Å². The molecule has 4 aromatic rings. The van der Waals surface area contributed by atoms with E-state index in [1.54, 1.807) is 0 Å². The van der Waals surface area contributed by atoms with E-state index in [1.165, 1.54) is 10.8 Å². The molecule has 106 valence electrons. The van der Waals surface area contributed by atoms with Crippen molar-refractivity contribution in [3.05, 3.63) is 72.3 Å². The summed E-state index contributed by atoms with van der Waals surface area (Å²) < 4.78 is 0. The molecule has 0 radical (unpaired) electrons. The van der Waals surface area contributed by atoms with Crippen LogP contribution in [0, 0.1) is 5.41 Å². The molecule has 4 rings (SSSR count). The summed E-state index contributed by atoms with van der Waals surface area (Å²) in [5.74, 6) is 0.0929. The fraction of sp³-hybridized carbons (Fsp3) is 0. The van der Waals surface area contributed by atoms with Gasteiger partial charge in [0.25, 0.3) is 0 Å². The lowest BCUT2D eigenvalue weighted by atomic mass is 10.0. The number of para-hydroxylation sites is 2. The van der Waals surface area contributed by atoms with E-state index in [2.05, 4.69) is 41.4 Å². The van der Waals surface area contributed by atoms with Gasteiger partial charge in [0.1, 0.15) is 5.84 Å². The molecule has 3 aromatic carbocycles. The molecule has 0 bridgehead atoms. The largest absolute Gasteiger partial charge is 0.384 e. The number of nitrogens with one attached hydrogen (secondary N) is 2. The summed E-state index contributed by atoms with van der Waals surface area (Å²) in [6.07, 6.45) is 0. The first-order valence-electron chi connectivity index (χ1n) is 7.18. The fourth-order valence-corrected chi connectivity index (χ4v) is 2.94. The average molecular weight is 285 g/mol. The van der Waals surface area contributed by atoms with Crippen molar-refractivity contribution in [1.82, 2.24) is 4.98 Å². The van der Waals surface area contributed by atoms with Crippen molar-refractivity contribution >= 4 is 27.6 Å². The molecule has 0 saturated carbocycles. The Balaban J connectivity index is 1.96. The molecule has 0 aliphatic carbocycles. The summed E-state index contributed by atoms with van der Waals surface area (Å²) >= 11 is 0. The highest BCUT2D eigenvalue weighted by Crippen LogP contribution is 2.32. The molecule has 3 nitrogen and oxygen atoms in total. The molecule has 0 atom stereocenters. The zero-order chi connectivity index (χ0) is 15.1. The Hall–Kier alpha value is -3.07. The van der Waals surface area contributed by atoms with Gasteiger partial charge in [-0.2, -0.15) is 0 Å². The van der Waals surface area contributed by atoms with E-state index in [9.17, 15) is 0 Å². The van der Waals surface area contributed by atoms with Crippen LogP contribution in [0.25, 0.3) is 32.9 Å². The number of rotatable bonds is 2. The van der Waals surface area contributed by atoms with Crippen LogP contribution in [0.5, 0.6) is 0 Å². The third kappa shape index (κ3) is 1.87. The van der Waals surface area contributed by atoms with Crippen LogP contribution in [-0.4, -0.2) is 10.8 Å². The van der Waals surface area contributed by atoms with Crippen LogP contribution in [0.2, 0.25) is 0 Å². The molecule has 0 fully saturated rings. The highest BCUT2D eigenvalue weighted by molar-refractivity contribution is 6.11. The van der Waals surface area contributed by atoms with Gasteiger partial charge < -0.3 is 10.7 Å². The predicted octanol–water partition coefficient (Wildman–Crippen LogP) is 4.27. The van der Waals surface area contributed by atoms with E-state index >= 15 is 0 Å². The van der Waals surface area contributed by atoms with Crippen LogP contribution in [0.4, 0.5) is 0 Å². The number of aromatic amines is 1. The van der Waals surface area contributed by atoms with Gasteiger partial charge in [0.05, 0.1) is 5.52 Å². The summed E-state index contributed by atoms with van der Waals surface area (Å²) in [5, 5.41) is 9.95. The third-order valence-electron chi connectivity index (χ3n) is 4.05. The number of H-pyrrole nitrogens is 1. The number of nitrogens with two attached hydrogens (primary N) is 1. The first kappa shape index (κ1) is 12.7. The summed E-state index contributed by atoms with van der Waals surface area (Å²) in [4.78, 5) is 3.52. The molecular weight excluding hydrogens is 270 g/mol. The second kappa shape index (κ2) is 4.74. The van der Waals surface area contributed by atoms with Crippen molar-refractivity contribution in [2.24, 2.45) is 5.73 Å². The second-order valence-electron chi connectivity index (χ2n) is 5.39. The molecule has 0 saturated heterocycles. The lowest BCUT2D eigenvalue weighted by Gasteiger charge is -2.05. The minimum Gasteiger partial charge on any atom is -0.384 e. The maximum Gasteiger partial charge on any atom is 0.122 e. The third-order valence-corrected chi connectivity index (χ3v) is 4.05. The normalized spacial score (nSPS) is 11.1. The van der Waals surface area contributed by atoms with Crippen molar-refractivity contribution < 1.29 is 0 Å². The Morgan fingerprint density at radius 3 is 2.32 bits per heavy atom. The number of hydrogen-bond donors (Lipinski definition) is 3. The number of hydrogen-bond acceptors (Lipinski definition) is 1. The number of amidine groups is 1. The van der Waals surface area contributed by atoms with E-state index in [0.29, 0.717) is 0 Å². The van der Waals surface area contributed by atoms with Gasteiger partial charge in [-0.1, -0.05) is 60.7 Å². The topological polar surface area (TPSA) is 65.7 Å². The van der Waals surface area contributed by atoms with Crippen LogP contribution in [0.3, 0.4) is 0 Å². The van der Waals surface area contributed by atoms with E-state index in [1.807, 2.05) is 30.3 Å². The lowest BCUT2D eigenvalue weighted by Crippen LogP contribution is -2.10. The summed E-state index contributed by atoms with van der Waals surface area (Å²) in [7, 11) is 0. The maximum absolute atomic E-state index is 7.49. The van der Waals surface area contributed by atoms with Gasteiger partial charge in [0, 0.05) is 27.4 Å². The van der Waals surface area contributed by atoms with E-state index in [-0.39, 0.29) is 5.84 Å². The Kier molecular flexibility index (Phi) is 2.73. The number of aromatic nitrogens is 1. The Morgan fingerprint density at radius 2 is 1.55 bits per heavy atom. The van der Waals surface area contributed by atoms with Crippen molar-refractivity contribution in [3.63, 3.8) is 0 Å². The zero-order valence-electron chi connectivity index (χ0n) is 11.9. The summed E-state index contributed by atoms with van der Waals surface area (Å²) in [6.45, 7) is 0. The van der Waals surface area contributed by atoms with Crippen LogP contribution in [0.1, 0.15) is 5.56 Å². The molecule has 0 aliphatic rings. The molecule has 0 amide bonds. The van der Waals surface area contributed by atoms with Crippen LogP contribution in [0.15, 0.2) is 66.7 Å². The molecule has 0 unspecified atom stereocenters. The van der Waals surface area contributed by atoms with Gasteiger partial charge in [0.15, 0.2) is 0 Å². The molecule has 3 heteroatoms. The minimum atomic E-state index is 0.0929. The first-order valence-corrected chi connectivity index (χ1v) is 7.18. The first-order chi connectivity index (χ1) is 10.7. The number of benzene rings is 3. The molecular formula is C19H15N3. The maximum atomic E-state index is 7.49. The van der Waals surface area contributed by atoms with Crippen molar-refractivity contribution in [2.45, 2.75) is 0 Å². The molecule has 4 N–H and O–H groups in total. The van der Waals surface area contributed by atoms with Crippen LogP contribution in [-0.2, 0) is 0 Å². The highest BCUT2D eigenvalue weighted by Gasteiger charge is 2.09. The molecule has 1 aromatic heterocycles. The van der Waals surface area contributed by atoms with Gasteiger partial charge in [-0.15, -0.1) is 0 Å². The lowest BCUT2D eigenvalue weighted by molar-refractivity contribution is 1.42. The monoisotopic (exact) mass is 285 g/mol. The highest BCUT2D eigenvalue weighted by atomic mass is 14.7. The molecule has 22 heavy (non-hydrogen) atoms. The van der Waals surface area contributed by atoms with Crippen molar-refractivity contribution in [1.29, 1.82) is 5.41 Å². The molecule has 0 aliphatic heterocycles. The van der Waals surface area contributed by atoms with Gasteiger partial charge >= 0.3 is 0 Å². The average Bonchev–Trinajstić information content (AvgIpc) is 2.93. The standard InChI is InChI=1S/C19H15N3/c20-19(21)13-10-8-12(9-11-13)14-5-3-6-16-15-4-1-2-7-17(15)22-18(14)16/h1-11,22H,(H3,20,21). The van der Waals surface area contributed by atoms with Crippen molar-refractivity contribution in [3.8, 4) is 11.1 Å². The van der Waals surface area contributed by atoms with E-state index in [4.69, 9.17) is 11.1 Å². The van der Waals surface area contributed by atoms with Crippen molar-refractivity contribution in [2.75, 3.05) is 0 Å². The van der Waals surface area contributed by atoms with E-state index in [0.717, 1.165) is 27.7 Å². The van der Waals surface area contributed by atoms with Gasteiger partial charge in [-0.25, -0.2) is 0 Å². The number of fused-ring (bicyclic) bond motifs is 3. The Labute approximate surface area is 127 Å². The van der Waals surface area contributed by atoms with Crippen LogP contribution < -0.4 is 5.73 Å². The smallest absolute Gasteiger partial charge is 0.122 e. The molecule has 1 heterocycles. The van der Waals surface area contributed by atoms with E-state index < -0.39 is 0 Å².